The second-order valence-electron chi connectivity index (χ2n) is 4.44. The van der Waals surface area contributed by atoms with Gasteiger partial charge >= 0.3 is 0 Å². The van der Waals surface area contributed by atoms with Crippen LogP contribution in [0.2, 0.25) is 0 Å². The zero-order valence-corrected chi connectivity index (χ0v) is 11.8. The van der Waals surface area contributed by atoms with Crippen LogP contribution in [0.3, 0.4) is 0 Å². The van der Waals surface area contributed by atoms with Gasteiger partial charge in [0.1, 0.15) is 5.75 Å². The molecule has 2 heterocycles. The molecule has 1 aliphatic carbocycles. The van der Waals surface area contributed by atoms with E-state index in [4.69, 9.17) is 4.74 Å². The number of hydrogen-bond donors (Lipinski definition) is 1. The average molecular weight is 321 g/mol. The van der Waals surface area contributed by atoms with Gasteiger partial charge in [-0.2, -0.15) is 0 Å². The Balaban J connectivity index is 1.61. The third-order valence-corrected chi connectivity index (χ3v) is 3.17. The summed E-state index contributed by atoms with van der Waals surface area (Å²) in [5.74, 6) is 1.10. The lowest BCUT2D eigenvalue weighted by atomic mass is 10.4. The highest BCUT2D eigenvalue weighted by molar-refractivity contribution is 9.10. The molecule has 2 aromatic rings. The van der Waals surface area contributed by atoms with Crippen molar-refractivity contribution in [2.24, 2.45) is 0 Å². The number of pyridine rings is 1. The molecule has 5 nitrogen and oxygen atoms in total. The van der Waals surface area contributed by atoms with Crippen molar-refractivity contribution in [1.82, 2.24) is 20.3 Å². The molecular formula is C13H13BrN4O. The molecule has 19 heavy (non-hydrogen) atoms. The molecule has 0 amide bonds. The molecule has 6 heteroatoms. The Bertz CT molecular complexity index is 557. The van der Waals surface area contributed by atoms with Crippen LogP contribution < -0.4 is 10.1 Å². The van der Waals surface area contributed by atoms with Gasteiger partial charge in [0.2, 0.25) is 5.88 Å². The first-order valence-electron chi connectivity index (χ1n) is 6.12. The molecule has 0 spiro atoms. The van der Waals surface area contributed by atoms with Crippen LogP contribution in [0.15, 0.2) is 35.3 Å². The molecule has 0 saturated heterocycles. The average Bonchev–Trinajstić information content (AvgIpc) is 3.22. The SMILES string of the molecule is Brc1cncc(Oc2cnc(CNC3CC3)cn2)c1. The van der Waals surface area contributed by atoms with Gasteiger partial charge in [-0.05, 0) is 34.8 Å². The lowest BCUT2D eigenvalue weighted by Gasteiger charge is -2.05. The number of ether oxygens (including phenoxy) is 1. The van der Waals surface area contributed by atoms with E-state index in [1.54, 1.807) is 24.8 Å². The fourth-order valence-electron chi connectivity index (χ4n) is 1.59. The molecule has 1 fully saturated rings. The van der Waals surface area contributed by atoms with Crippen molar-refractivity contribution in [3.63, 3.8) is 0 Å². The predicted octanol–water partition coefficient (Wildman–Crippen LogP) is 2.68. The first-order chi connectivity index (χ1) is 9.29. The maximum Gasteiger partial charge on any atom is 0.237 e. The summed E-state index contributed by atoms with van der Waals surface area (Å²) in [6.07, 6.45) is 9.23. The van der Waals surface area contributed by atoms with Gasteiger partial charge in [-0.1, -0.05) is 0 Å². The van der Waals surface area contributed by atoms with Gasteiger partial charge in [0.05, 0.1) is 24.3 Å². The van der Waals surface area contributed by atoms with Gasteiger partial charge in [-0.25, -0.2) is 4.98 Å². The van der Waals surface area contributed by atoms with Crippen LogP contribution >= 0.6 is 15.9 Å². The first kappa shape index (κ1) is 12.5. The summed E-state index contributed by atoms with van der Waals surface area (Å²) < 4.78 is 6.43. The van der Waals surface area contributed by atoms with Gasteiger partial charge < -0.3 is 10.1 Å². The quantitative estimate of drug-likeness (QED) is 0.917. The summed E-state index contributed by atoms with van der Waals surface area (Å²) in [7, 11) is 0. The molecule has 0 aliphatic heterocycles. The van der Waals surface area contributed by atoms with Crippen LogP contribution in [-0.2, 0) is 6.54 Å². The molecule has 0 aromatic carbocycles. The molecule has 98 valence electrons. The highest BCUT2D eigenvalue weighted by Gasteiger charge is 2.20. The summed E-state index contributed by atoms with van der Waals surface area (Å²) in [6, 6.07) is 2.50. The van der Waals surface area contributed by atoms with Crippen molar-refractivity contribution >= 4 is 15.9 Å². The zero-order valence-electron chi connectivity index (χ0n) is 10.2. The summed E-state index contributed by atoms with van der Waals surface area (Å²) in [6.45, 7) is 0.760. The Labute approximate surface area is 119 Å². The van der Waals surface area contributed by atoms with E-state index in [-0.39, 0.29) is 0 Å². The van der Waals surface area contributed by atoms with E-state index < -0.39 is 0 Å². The molecular weight excluding hydrogens is 308 g/mol. The predicted molar refractivity (Wildman–Crippen MR) is 73.9 cm³/mol. The Kier molecular flexibility index (Phi) is 3.70. The fourth-order valence-corrected chi connectivity index (χ4v) is 1.94. The van der Waals surface area contributed by atoms with Crippen molar-refractivity contribution in [3.05, 3.63) is 41.0 Å². The maximum atomic E-state index is 5.57. The lowest BCUT2D eigenvalue weighted by Crippen LogP contribution is -2.16. The summed E-state index contributed by atoms with van der Waals surface area (Å²) in [5.41, 5.74) is 0.923. The molecule has 1 saturated carbocycles. The summed E-state index contributed by atoms with van der Waals surface area (Å²) >= 11 is 3.34. The summed E-state index contributed by atoms with van der Waals surface area (Å²) in [5, 5.41) is 3.39. The van der Waals surface area contributed by atoms with Crippen LogP contribution in [0.5, 0.6) is 11.6 Å². The number of nitrogens with one attached hydrogen (secondary N) is 1. The molecule has 0 unspecified atom stereocenters. The molecule has 1 N–H and O–H groups in total. The monoisotopic (exact) mass is 320 g/mol. The van der Waals surface area contributed by atoms with Crippen LogP contribution in [0, 0.1) is 0 Å². The standard InChI is InChI=1S/C13H13BrN4O/c14-9-3-12(7-15-4-9)19-13-8-17-11(6-18-13)5-16-10-1-2-10/h3-4,6-8,10,16H,1-2,5H2. The largest absolute Gasteiger partial charge is 0.436 e. The maximum absolute atomic E-state index is 5.57. The van der Waals surface area contributed by atoms with Crippen molar-refractivity contribution in [2.75, 3.05) is 0 Å². The van der Waals surface area contributed by atoms with E-state index in [2.05, 4.69) is 36.2 Å². The smallest absolute Gasteiger partial charge is 0.237 e. The number of aromatic nitrogens is 3. The molecule has 0 atom stereocenters. The van der Waals surface area contributed by atoms with E-state index >= 15 is 0 Å². The van der Waals surface area contributed by atoms with Gasteiger partial charge in [0.25, 0.3) is 0 Å². The van der Waals surface area contributed by atoms with Crippen molar-refractivity contribution in [3.8, 4) is 11.6 Å². The van der Waals surface area contributed by atoms with E-state index in [9.17, 15) is 0 Å². The molecule has 0 radical (unpaired) electrons. The van der Waals surface area contributed by atoms with Gasteiger partial charge in [0, 0.05) is 23.3 Å². The molecule has 2 aromatic heterocycles. The molecule has 1 aliphatic rings. The Morgan fingerprint density at radius 3 is 2.79 bits per heavy atom. The van der Waals surface area contributed by atoms with Gasteiger partial charge in [0.15, 0.2) is 0 Å². The van der Waals surface area contributed by atoms with E-state index in [1.807, 2.05) is 6.07 Å². The van der Waals surface area contributed by atoms with Crippen molar-refractivity contribution in [1.29, 1.82) is 0 Å². The van der Waals surface area contributed by atoms with Crippen molar-refractivity contribution < 1.29 is 4.74 Å². The van der Waals surface area contributed by atoms with Gasteiger partial charge in [-0.3, -0.25) is 9.97 Å². The second-order valence-corrected chi connectivity index (χ2v) is 5.36. The lowest BCUT2D eigenvalue weighted by molar-refractivity contribution is 0.456. The normalized spacial score (nSPS) is 14.4. The van der Waals surface area contributed by atoms with Crippen LogP contribution in [0.25, 0.3) is 0 Å². The topological polar surface area (TPSA) is 59.9 Å². The summed E-state index contributed by atoms with van der Waals surface area (Å²) in [4.78, 5) is 12.6. The second kappa shape index (κ2) is 5.63. The zero-order chi connectivity index (χ0) is 13.1. The molecule has 0 bridgehead atoms. The Hall–Kier alpha value is -1.53. The number of halogens is 1. The number of rotatable bonds is 5. The third-order valence-electron chi connectivity index (χ3n) is 2.73. The highest BCUT2D eigenvalue weighted by atomic mass is 79.9. The van der Waals surface area contributed by atoms with Gasteiger partial charge in [-0.15, -0.1) is 0 Å². The van der Waals surface area contributed by atoms with E-state index in [1.165, 1.54) is 12.8 Å². The Morgan fingerprint density at radius 2 is 2.11 bits per heavy atom. The Morgan fingerprint density at radius 1 is 1.21 bits per heavy atom. The van der Waals surface area contributed by atoms with Crippen LogP contribution in [0.1, 0.15) is 18.5 Å². The third kappa shape index (κ3) is 3.71. The van der Waals surface area contributed by atoms with E-state index in [0.717, 1.165) is 16.7 Å². The number of nitrogens with zero attached hydrogens (tertiary/aromatic N) is 3. The highest BCUT2D eigenvalue weighted by Crippen LogP contribution is 2.21. The molecule has 3 rings (SSSR count). The minimum Gasteiger partial charge on any atom is -0.436 e. The van der Waals surface area contributed by atoms with Crippen LogP contribution in [-0.4, -0.2) is 21.0 Å². The van der Waals surface area contributed by atoms with Crippen molar-refractivity contribution in [2.45, 2.75) is 25.4 Å². The van der Waals surface area contributed by atoms with E-state index in [0.29, 0.717) is 17.7 Å². The minimum absolute atomic E-state index is 0.468. The minimum atomic E-state index is 0.468. The number of hydrogen-bond acceptors (Lipinski definition) is 5. The van der Waals surface area contributed by atoms with Crippen LogP contribution in [0.4, 0.5) is 0 Å². The fraction of sp³-hybridized carbons (Fsp3) is 0.308. The first-order valence-corrected chi connectivity index (χ1v) is 6.91.